The number of benzene rings is 2. The second kappa shape index (κ2) is 7.92. The van der Waals surface area contributed by atoms with E-state index in [1.54, 1.807) is 30.3 Å². The lowest BCUT2D eigenvalue weighted by molar-refractivity contribution is 0.0955. The molecule has 3 aromatic rings. The standard InChI is InChI=1S/C19H18N4O2/c1-25-18-8-3-5-15(12-18)13-20-22-19(24)17-7-2-6-16(11-17)14-23-10-4-9-21-23/h2-13H,14H2,1H3,(H,22,24)/b20-13-. The summed E-state index contributed by atoms with van der Waals surface area (Å²) < 4.78 is 6.96. The average molecular weight is 334 g/mol. The SMILES string of the molecule is COc1cccc(/C=N\NC(=O)c2cccc(Cn3cccn3)c2)c1. The fourth-order valence-electron chi connectivity index (χ4n) is 2.34. The number of amides is 1. The molecule has 6 nitrogen and oxygen atoms in total. The number of aromatic nitrogens is 2. The average Bonchev–Trinajstić information content (AvgIpc) is 3.15. The molecule has 6 heteroatoms. The maximum absolute atomic E-state index is 12.2. The fourth-order valence-corrected chi connectivity index (χ4v) is 2.34. The molecule has 0 atom stereocenters. The van der Waals surface area contributed by atoms with Gasteiger partial charge in [-0.25, -0.2) is 5.43 Å². The molecule has 1 N–H and O–H groups in total. The monoisotopic (exact) mass is 334 g/mol. The third-order valence-electron chi connectivity index (χ3n) is 3.57. The normalized spacial score (nSPS) is 10.8. The molecule has 1 heterocycles. The number of hydrazone groups is 1. The quantitative estimate of drug-likeness (QED) is 0.557. The highest BCUT2D eigenvalue weighted by Crippen LogP contribution is 2.11. The molecule has 3 rings (SSSR count). The Balaban J connectivity index is 1.63. The van der Waals surface area contributed by atoms with Crippen LogP contribution in [-0.2, 0) is 6.54 Å². The van der Waals surface area contributed by atoms with E-state index in [0.717, 1.165) is 16.9 Å². The van der Waals surface area contributed by atoms with Crippen molar-refractivity contribution < 1.29 is 9.53 Å². The van der Waals surface area contributed by atoms with E-state index in [1.165, 1.54) is 0 Å². The zero-order chi connectivity index (χ0) is 17.5. The van der Waals surface area contributed by atoms with Gasteiger partial charge in [-0.2, -0.15) is 10.2 Å². The lowest BCUT2D eigenvalue weighted by Gasteiger charge is -2.05. The van der Waals surface area contributed by atoms with E-state index in [4.69, 9.17) is 4.74 Å². The second-order valence-corrected chi connectivity index (χ2v) is 5.38. The lowest BCUT2D eigenvalue weighted by Crippen LogP contribution is -2.18. The summed E-state index contributed by atoms with van der Waals surface area (Å²) in [6.07, 6.45) is 5.18. The van der Waals surface area contributed by atoms with Crippen molar-refractivity contribution in [2.75, 3.05) is 7.11 Å². The molecule has 0 saturated carbocycles. The number of carbonyl (C=O) groups is 1. The zero-order valence-electron chi connectivity index (χ0n) is 13.8. The van der Waals surface area contributed by atoms with E-state index in [2.05, 4.69) is 15.6 Å². The van der Waals surface area contributed by atoms with Gasteiger partial charge in [-0.05, 0) is 41.5 Å². The number of methoxy groups -OCH3 is 1. The van der Waals surface area contributed by atoms with Gasteiger partial charge in [0.25, 0.3) is 5.91 Å². The van der Waals surface area contributed by atoms with Crippen LogP contribution in [0.4, 0.5) is 0 Å². The summed E-state index contributed by atoms with van der Waals surface area (Å²) in [5.74, 6) is 0.475. The third kappa shape index (κ3) is 4.54. The first-order valence-electron chi connectivity index (χ1n) is 7.78. The van der Waals surface area contributed by atoms with Gasteiger partial charge in [-0.1, -0.05) is 24.3 Å². The number of nitrogens with one attached hydrogen (secondary N) is 1. The van der Waals surface area contributed by atoms with Crippen molar-refractivity contribution in [1.29, 1.82) is 0 Å². The minimum atomic E-state index is -0.263. The molecule has 0 bridgehead atoms. The van der Waals surface area contributed by atoms with Crippen LogP contribution in [0.25, 0.3) is 0 Å². The summed E-state index contributed by atoms with van der Waals surface area (Å²) in [6.45, 7) is 0.612. The molecule has 126 valence electrons. The molecule has 0 aliphatic carbocycles. The number of nitrogens with zero attached hydrogens (tertiary/aromatic N) is 3. The molecule has 0 spiro atoms. The first kappa shape index (κ1) is 16.4. The Bertz CT molecular complexity index is 873. The summed E-state index contributed by atoms with van der Waals surface area (Å²) in [6, 6.07) is 16.7. The van der Waals surface area contributed by atoms with Gasteiger partial charge in [0.15, 0.2) is 0 Å². The smallest absolute Gasteiger partial charge is 0.271 e. The van der Waals surface area contributed by atoms with Gasteiger partial charge < -0.3 is 4.74 Å². The maximum atomic E-state index is 12.2. The first-order valence-corrected chi connectivity index (χ1v) is 7.78. The molecule has 1 amide bonds. The highest BCUT2D eigenvalue weighted by Gasteiger charge is 2.05. The van der Waals surface area contributed by atoms with Crippen LogP contribution in [0.1, 0.15) is 21.5 Å². The number of carbonyl (C=O) groups excluding carboxylic acids is 1. The van der Waals surface area contributed by atoms with Gasteiger partial charge in [0.2, 0.25) is 0 Å². The van der Waals surface area contributed by atoms with Crippen LogP contribution in [0.2, 0.25) is 0 Å². The molecule has 0 aliphatic rings. The van der Waals surface area contributed by atoms with Crippen molar-refractivity contribution >= 4 is 12.1 Å². The maximum Gasteiger partial charge on any atom is 0.271 e. The molecule has 0 radical (unpaired) electrons. The van der Waals surface area contributed by atoms with Crippen LogP contribution in [0.5, 0.6) is 5.75 Å². The van der Waals surface area contributed by atoms with E-state index >= 15 is 0 Å². The lowest BCUT2D eigenvalue weighted by atomic mass is 10.1. The third-order valence-corrected chi connectivity index (χ3v) is 3.57. The van der Waals surface area contributed by atoms with Crippen LogP contribution >= 0.6 is 0 Å². The molecule has 0 aliphatic heterocycles. The predicted molar refractivity (Wildman–Crippen MR) is 95.8 cm³/mol. The Morgan fingerprint density at radius 1 is 1.24 bits per heavy atom. The van der Waals surface area contributed by atoms with Crippen LogP contribution in [0.3, 0.4) is 0 Å². The van der Waals surface area contributed by atoms with Crippen molar-refractivity contribution in [2.24, 2.45) is 5.10 Å². The van der Waals surface area contributed by atoms with E-state index in [0.29, 0.717) is 12.1 Å². The van der Waals surface area contributed by atoms with E-state index in [-0.39, 0.29) is 5.91 Å². The minimum Gasteiger partial charge on any atom is -0.497 e. The van der Waals surface area contributed by atoms with Crippen LogP contribution < -0.4 is 10.2 Å². The van der Waals surface area contributed by atoms with E-state index < -0.39 is 0 Å². The van der Waals surface area contributed by atoms with Crippen LogP contribution in [0.15, 0.2) is 72.1 Å². The summed E-state index contributed by atoms with van der Waals surface area (Å²) in [5, 5.41) is 8.17. The molecule has 0 unspecified atom stereocenters. The highest BCUT2D eigenvalue weighted by molar-refractivity contribution is 5.95. The number of hydrogen-bond donors (Lipinski definition) is 1. The Morgan fingerprint density at radius 3 is 2.92 bits per heavy atom. The number of hydrogen-bond acceptors (Lipinski definition) is 4. The number of rotatable bonds is 6. The summed E-state index contributed by atoms with van der Waals surface area (Å²) >= 11 is 0. The largest absolute Gasteiger partial charge is 0.497 e. The molecule has 0 fully saturated rings. The van der Waals surface area contributed by atoms with Gasteiger partial charge in [0, 0.05) is 18.0 Å². The van der Waals surface area contributed by atoms with Crippen molar-refractivity contribution in [1.82, 2.24) is 15.2 Å². The van der Waals surface area contributed by atoms with Crippen molar-refractivity contribution in [2.45, 2.75) is 6.54 Å². The molecule has 2 aromatic carbocycles. The molecular weight excluding hydrogens is 316 g/mol. The van der Waals surface area contributed by atoms with Gasteiger partial charge in [-0.15, -0.1) is 0 Å². The van der Waals surface area contributed by atoms with Gasteiger partial charge >= 0.3 is 0 Å². The summed E-state index contributed by atoms with van der Waals surface area (Å²) in [4.78, 5) is 12.2. The zero-order valence-corrected chi connectivity index (χ0v) is 13.8. The Labute approximate surface area is 145 Å². The first-order chi connectivity index (χ1) is 12.2. The van der Waals surface area contributed by atoms with Gasteiger partial charge in [-0.3, -0.25) is 9.48 Å². The van der Waals surface area contributed by atoms with Crippen LogP contribution in [-0.4, -0.2) is 29.0 Å². The van der Waals surface area contributed by atoms with E-state index in [1.807, 2.05) is 54.7 Å². The van der Waals surface area contributed by atoms with Gasteiger partial charge in [0.05, 0.1) is 19.9 Å². The van der Waals surface area contributed by atoms with Crippen molar-refractivity contribution in [3.8, 4) is 5.75 Å². The summed E-state index contributed by atoms with van der Waals surface area (Å²) in [7, 11) is 1.61. The van der Waals surface area contributed by atoms with Crippen molar-refractivity contribution in [3.63, 3.8) is 0 Å². The topological polar surface area (TPSA) is 68.5 Å². The van der Waals surface area contributed by atoms with E-state index in [9.17, 15) is 4.79 Å². The van der Waals surface area contributed by atoms with Gasteiger partial charge in [0.1, 0.15) is 5.75 Å². The highest BCUT2D eigenvalue weighted by atomic mass is 16.5. The second-order valence-electron chi connectivity index (χ2n) is 5.38. The molecule has 0 saturated heterocycles. The molecular formula is C19H18N4O2. The predicted octanol–water partition coefficient (Wildman–Crippen LogP) is 2.70. The van der Waals surface area contributed by atoms with Crippen LogP contribution in [0, 0.1) is 0 Å². The Kier molecular flexibility index (Phi) is 5.21. The number of ether oxygens (including phenoxy) is 1. The molecule has 1 aromatic heterocycles. The minimum absolute atomic E-state index is 0.263. The fraction of sp³-hybridized carbons (Fsp3) is 0.105. The Morgan fingerprint density at radius 2 is 2.12 bits per heavy atom. The van der Waals surface area contributed by atoms with Crippen molar-refractivity contribution in [3.05, 3.63) is 83.7 Å². The Hall–Kier alpha value is -3.41. The molecule has 25 heavy (non-hydrogen) atoms. The summed E-state index contributed by atoms with van der Waals surface area (Å²) in [5.41, 5.74) is 4.92.